The molecule has 0 radical (unpaired) electrons. The molecular formula is C15H14ClFN2O3S. The Morgan fingerprint density at radius 3 is 2.52 bits per heavy atom. The average molecular weight is 357 g/mol. The molecule has 0 amide bonds. The molecule has 2 aromatic rings. The highest BCUT2D eigenvalue weighted by Crippen LogP contribution is 2.26. The summed E-state index contributed by atoms with van der Waals surface area (Å²) >= 11 is 5.68. The van der Waals surface area contributed by atoms with Crippen LogP contribution in [0.5, 0.6) is 11.6 Å². The lowest BCUT2D eigenvalue weighted by molar-refractivity contribution is 0.458. The fraction of sp³-hybridized carbons (Fsp3) is 0.267. The van der Waals surface area contributed by atoms with Gasteiger partial charge in [0.1, 0.15) is 16.5 Å². The molecule has 1 fully saturated rings. The van der Waals surface area contributed by atoms with Crippen LogP contribution in [0.2, 0.25) is 5.02 Å². The Morgan fingerprint density at radius 2 is 1.91 bits per heavy atom. The van der Waals surface area contributed by atoms with Gasteiger partial charge in [-0.05, 0) is 31.0 Å². The first-order valence-electron chi connectivity index (χ1n) is 7.06. The van der Waals surface area contributed by atoms with E-state index in [1.165, 1.54) is 40.8 Å². The number of ether oxygens (including phenoxy) is 1. The number of hydrogen-bond acceptors (Lipinski definition) is 4. The van der Waals surface area contributed by atoms with E-state index in [1.54, 1.807) is 0 Å². The van der Waals surface area contributed by atoms with Gasteiger partial charge in [0.2, 0.25) is 15.9 Å². The van der Waals surface area contributed by atoms with Crippen LogP contribution in [-0.2, 0) is 10.0 Å². The van der Waals surface area contributed by atoms with E-state index < -0.39 is 15.8 Å². The number of nitrogens with zero attached hydrogens (tertiary/aromatic N) is 2. The van der Waals surface area contributed by atoms with Gasteiger partial charge in [0, 0.05) is 25.2 Å². The molecule has 0 aliphatic carbocycles. The highest BCUT2D eigenvalue weighted by molar-refractivity contribution is 7.89. The van der Waals surface area contributed by atoms with Gasteiger partial charge in [-0.25, -0.2) is 17.8 Å². The Hall–Kier alpha value is -1.70. The molecule has 0 spiro atoms. The van der Waals surface area contributed by atoms with Crippen LogP contribution in [0.1, 0.15) is 12.8 Å². The number of sulfonamides is 1. The Morgan fingerprint density at radius 1 is 1.17 bits per heavy atom. The van der Waals surface area contributed by atoms with Gasteiger partial charge in [0.15, 0.2) is 0 Å². The summed E-state index contributed by atoms with van der Waals surface area (Å²) < 4.78 is 44.7. The smallest absolute Gasteiger partial charge is 0.244 e. The molecular weight excluding hydrogens is 343 g/mol. The maximum absolute atomic E-state index is 13.1. The van der Waals surface area contributed by atoms with Crippen molar-refractivity contribution < 1.29 is 17.5 Å². The van der Waals surface area contributed by atoms with Crippen molar-refractivity contribution in [1.29, 1.82) is 0 Å². The third-order valence-electron chi connectivity index (χ3n) is 3.53. The van der Waals surface area contributed by atoms with E-state index in [0.717, 1.165) is 12.8 Å². The second-order valence-electron chi connectivity index (χ2n) is 5.12. The van der Waals surface area contributed by atoms with Crippen molar-refractivity contribution in [3.8, 4) is 11.6 Å². The van der Waals surface area contributed by atoms with E-state index in [2.05, 4.69) is 4.98 Å². The van der Waals surface area contributed by atoms with Crippen LogP contribution >= 0.6 is 11.6 Å². The molecule has 1 saturated heterocycles. The maximum Gasteiger partial charge on any atom is 0.244 e. The average Bonchev–Trinajstić information content (AvgIpc) is 3.07. The molecule has 1 aliphatic heterocycles. The van der Waals surface area contributed by atoms with E-state index >= 15 is 0 Å². The summed E-state index contributed by atoms with van der Waals surface area (Å²) in [4.78, 5) is 4.13. The lowest BCUT2D eigenvalue weighted by Gasteiger charge is -2.15. The molecule has 1 aliphatic rings. The Kier molecular flexibility index (Phi) is 4.52. The topological polar surface area (TPSA) is 59.5 Å². The summed E-state index contributed by atoms with van der Waals surface area (Å²) in [7, 11) is -3.50. The lowest BCUT2D eigenvalue weighted by Crippen LogP contribution is -2.27. The summed E-state index contributed by atoms with van der Waals surface area (Å²) in [5.41, 5.74) is 0. The minimum atomic E-state index is -3.50. The molecule has 23 heavy (non-hydrogen) atoms. The summed E-state index contributed by atoms with van der Waals surface area (Å²) in [6, 6.07) is 6.83. The van der Waals surface area contributed by atoms with Crippen molar-refractivity contribution >= 4 is 21.6 Å². The number of rotatable bonds is 4. The van der Waals surface area contributed by atoms with Gasteiger partial charge >= 0.3 is 0 Å². The van der Waals surface area contributed by atoms with Crippen LogP contribution < -0.4 is 4.74 Å². The van der Waals surface area contributed by atoms with Crippen LogP contribution in [0.25, 0.3) is 0 Å². The minimum Gasteiger partial charge on any atom is -0.439 e. The molecule has 0 atom stereocenters. The second kappa shape index (κ2) is 6.43. The summed E-state index contributed by atoms with van der Waals surface area (Å²) in [5.74, 6) is -0.0221. The summed E-state index contributed by atoms with van der Waals surface area (Å²) in [5, 5.41) is -0.0595. The minimum absolute atomic E-state index is 0.0595. The van der Waals surface area contributed by atoms with E-state index in [0.29, 0.717) is 18.8 Å². The van der Waals surface area contributed by atoms with Gasteiger partial charge in [-0.15, -0.1) is 0 Å². The highest BCUT2D eigenvalue weighted by Gasteiger charge is 2.27. The Balaban J connectivity index is 1.77. The lowest BCUT2D eigenvalue weighted by atomic mass is 10.3. The number of aromatic nitrogens is 1. The van der Waals surface area contributed by atoms with Gasteiger partial charge in [0.25, 0.3) is 0 Å². The molecule has 0 unspecified atom stereocenters. The molecule has 0 bridgehead atoms. The number of halogens is 2. The molecule has 0 N–H and O–H groups in total. The van der Waals surface area contributed by atoms with Crippen molar-refractivity contribution in [2.75, 3.05) is 13.1 Å². The maximum atomic E-state index is 13.1. The first-order valence-corrected chi connectivity index (χ1v) is 8.88. The first kappa shape index (κ1) is 16.2. The van der Waals surface area contributed by atoms with Gasteiger partial charge in [0.05, 0.1) is 11.2 Å². The fourth-order valence-corrected chi connectivity index (χ4v) is 3.95. The number of pyridine rings is 1. The normalized spacial score (nSPS) is 15.7. The van der Waals surface area contributed by atoms with Crippen LogP contribution in [0.4, 0.5) is 4.39 Å². The summed E-state index contributed by atoms with van der Waals surface area (Å²) in [6.45, 7) is 1.07. The van der Waals surface area contributed by atoms with Gasteiger partial charge in [-0.2, -0.15) is 4.31 Å². The standard InChI is InChI=1S/C15H14ClFN2O3S/c16-13-9-11(3-5-14(13)17)22-15-6-4-12(10-18-15)23(20,21)19-7-1-2-8-19/h3-6,9-10H,1-2,7-8H2. The monoisotopic (exact) mass is 356 g/mol. The zero-order valence-corrected chi connectivity index (χ0v) is 13.6. The molecule has 8 heteroatoms. The molecule has 2 heterocycles. The predicted octanol–water partition coefficient (Wildman–Crippen LogP) is 3.45. The van der Waals surface area contributed by atoms with Gasteiger partial charge < -0.3 is 4.74 Å². The molecule has 122 valence electrons. The predicted molar refractivity (Wildman–Crippen MR) is 83.7 cm³/mol. The van der Waals surface area contributed by atoms with Crippen LogP contribution in [0.3, 0.4) is 0 Å². The Bertz CT molecular complexity index is 806. The SMILES string of the molecule is O=S(=O)(c1ccc(Oc2ccc(F)c(Cl)c2)nc1)N1CCCC1. The van der Waals surface area contributed by atoms with Gasteiger partial charge in [-0.3, -0.25) is 0 Å². The van der Waals surface area contributed by atoms with Crippen molar-refractivity contribution in [1.82, 2.24) is 9.29 Å². The van der Waals surface area contributed by atoms with Gasteiger partial charge in [-0.1, -0.05) is 11.6 Å². The van der Waals surface area contributed by atoms with E-state index in [9.17, 15) is 12.8 Å². The molecule has 0 saturated carbocycles. The largest absolute Gasteiger partial charge is 0.439 e. The zero-order chi connectivity index (χ0) is 16.4. The van der Waals surface area contributed by atoms with Crippen molar-refractivity contribution in [2.24, 2.45) is 0 Å². The van der Waals surface area contributed by atoms with Crippen LogP contribution in [0.15, 0.2) is 41.4 Å². The van der Waals surface area contributed by atoms with E-state index in [-0.39, 0.29) is 15.8 Å². The fourth-order valence-electron chi connectivity index (χ4n) is 2.32. The van der Waals surface area contributed by atoms with Crippen LogP contribution in [0, 0.1) is 5.82 Å². The quantitative estimate of drug-likeness (QED) is 0.841. The van der Waals surface area contributed by atoms with E-state index in [4.69, 9.17) is 16.3 Å². The third kappa shape index (κ3) is 3.46. The second-order valence-corrected chi connectivity index (χ2v) is 7.47. The number of hydrogen-bond donors (Lipinski definition) is 0. The number of benzene rings is 1. The molecule has 3 rings (SSSR count). The highest BCUT2D eigenvalue weighted by atomic mass is 35.5. The molecule has 5 nitrogen and oxygen atoms in total. The third-order valence-corrected chi connectivity index (χ3v) is 5.70. The summed E-state index contributed by atoms with van der Waals surface area (Å²) in [6.07, 6.45) is 3.01. The zero-order valence-electron chi connectivity index (χ0n) is 12.1. The first-order chi connectivity index (χ1) is 11.0. The van der Waals surface area contributed by atoms with Crippen LogP contribution in [-0.4, -0.2) is 30.8 Å². The van der Waals surface area contributed by atoms with Crippen molar-refractivity contribution in [3.63, 3.8) is 0 Å². The molecule has 1 aromatic heterocycles. The Labute approximate surface area is 138 Å². The van der Waals surface area contributed by atoms with E-state index in [1.807, 2.05) is 0 Å². The van der Waals surface area contributed by atoms with Crippen molar-refractivity contribution in [2.45, 2.75) is 17.7 Å². The van der Waals surface area contributed by atoms with Crippen molar-refractivity contribution in [3.05, 3.63) is 47.4 Å². The molecule has 1 aromatic carbocycles.